The number of aliphatic hydroxyl groups is 4. The van der Waals surface area contributed by atoms with Crippen LogP contribution in [0, 0.1) is 5.41 Å². The van der Waals surface area contributed by atoms with Crippen LogP contribution in [-0.4, -0.2) is 96.4 Å². The number of halogens is 3. The number of ether oxygens (including phenoxy) is 2. The highest BCUT2D eigenvalue weighted by atomic mass is 32.2. The van der Waals surface area contributed by atoms with Crippen molar-refractivity contribution in [2.45, 2.75) is 41.8 Å². The van der Waals surface area contributed by atoms with Crippen LogP contribution in [0.25, 0.3) is 16.7 Å². The SMILES string of the molecule is N=c1c2c(C(F)(F)F)nn(-c3ccc(S(=O)(=O)O)cc3)c2ncn1/N=C\c1ccc(OC2OC(CO)C(O)C(O)C2O)cc1. The summed E-state index contributed by atoms with van der Waals surface area (Å²) in [5.41, 5.74) is -2.10. The van der Waals surface area contributed by atoms with Gasteiger partial charge in [-0.05, 0) is 54.1 Å². The lowest BCUT2D eigenvalue weighted by Crippen LogP contribution is -2.60. The third-order valence-corrected chi connectivity index (χ3v) is 7.44. The van der Waals surface area contributed by atoms with Gasteiger partial charge in [0.05, 0.1) is 28.8 Å². The molecule has 1 aliphatic heterocycles. The molecule has 1 aliphatic rings. The van der Waals surface area contributed by atoms with E-state index in [1.807, 2.05) is 0 Å². The fourth-order valence-electron chi connectivity index (χ4n) is 4.31. The molecule has 5 atom stereocenters. The quantitative estimate of drug-likeness (QED) is 0.117. The van der Waals surface area contributed by atoms with Gasteiger partial charge in [-0.2, -0.15) is 31.8 Å². The Bertz CT molecular complexity index is 1860. The predicted octanol–water partition coefficient (Wildman–Crippen LogP) is 0.0279. The lowest BCUT2D eigenvalue weighted by Gasteiger charge is -2.39. The van der Waals surface area contributed by atoms with Gasteiger partial charge in [-0.25, -0.2) is 14.3 Å². The lowest BCUT2D eigenvalue weighted by atomic mass is 9.99. The average molecular weight is 641 g/mol. The molecule has 3 heterocycles. The van der Waals surface area contributed by atoms with Gasteiger partial charge in [0.2, 0.25) is 6.29 Å². The molecule has 0 saturated carbocycles. The van der Waals surface area contributed by atoms with E-state index in [9.17, 15) is 42.0 Å². The summed E-state index contributed by atoms with van der Waals surface area (Å²) in [7, 11) is -4.55. The summed E-state index contributed by atoms with van der Waals surface area (Å²) in [5.74, 6) is 0.162. The van der Waals surface area contributed by atoms with Gasteiger partial charge in [0.25, 0.3) is 10.1 Å². The zero-order valence-corrected chi connectivity index (χ0v) is 22.8. The molecule has 2 aromatic carbocycles. The van der Waals surface area contributed by atoms with E-state index in [0.717, 1.165) is 40.0 Å². The number of nitrogens with one attached hydrogen (secondary N) is 1. The summed E-state index contributed by atoms with van der Waals surface area (Å²) in [5, 5.41) is 54.5. The number of aliphatic hydroxyl groups excluding tert-OH is 4. The highest BCUT2D eigenvalue weighted by Crippen LogP contribution is 2.33. The summed E-state index contributed by atoms with van der Waals surface area (Å²) in [6.45, 7) is -0.633. The molecule has 0 radical (unpaired) electrons. The van der Waals surface area contributed by atoms with Gasteiger partial charge in [-0.15, -0.1) is 0 Å². The van der Waals surface area contributed by atoms with Gasteiger partial charge in [0.1, 0.15) is 36.5 Å². The van der Waals surface area contributed by atoms with Gasteiger partial charge < -0.3 is 29.9 Å². The van der Waals surface area contributed by atoms with Crippen molar-refractivity contribution in [1.82, 2.24) is 19.4 Å². The van der Waals surface area contributed by atoms with Crippen molar-refractivity contribution in [2.24, 2.45) is 5.10 Å². The molecular weight excluding hydrogens is 617 g/mol. The Morgan fingerprint density at radius 3 is 2.30 bits per heavy atom. The van der Waals surface area contributed by atoms with Crippen LogP contribution in [0.4, 0.5) is 13.2 Å². The van der Waals surface area contributed by atoms with E-state index in [2.05, 4.69) is 15.2 Å². The van der Waals surface area contributed by atoms with Crippen molar-refractivity contribution in [3.05, 3.63) is 71.6 Å². The van der Waals surface area contributed by atoms with Gasteiger partial charge >= 0.3 is 6.18 Å². The van der Waals surface area contributed by atoms with E-state index < -0.39 is 75.1 Å². The van der Waals surface area contributed by atoms with Crippen molar-refractivity contribution in [3.8, 4) is 11.4 Å². The molecule has 15 nitrogen and oxygen atoms in total. The summed E-state index contributed by atoms with van der Waals surface area (Å²) >= 11 is 0. The number of hydrogen-bond donors (Lipinski definition) is 6. The Morgan fingerprint density at radius 1 is 1.05 bits per heavy atom. The molecule has 1 fully saturated rings. The summed E-state index contributed by atoms with van der Waals surface area (Å²) in [6, 6.07) is 9.99. The number of nitrogens with zero attached hydrogens (tertiary/aromatic N) is 5. The summed E-state index contributed by atoms with van der Waals surface area (Å²) in [4.78, 5) is 3.51. The standard InChI is InChI=1S/C25H23F3N6O9S/c26-25(27,28)21-17-22(29)33(11-30-23(17)34(32-21)13-3-7-15(8-4-13)44(39,40)41)31-9-12-1-5-14(6-2-12)42-24-20(38)19(37)18(36)16(10-35)43-24/h1-9,11,16,18-20,24,29,35-38H,10H2,(H,39,40,41)/b29-22?,31-9-. The number of alkyl halides is 3. The smallest absolute Gasteiger partial charge is 0.436 e. The molecule has 234 valence electrons. The number of hydrogen-bond acceptors (Lipinski definition) is 12. The van der Waals surface area contributed by atoms with Crippen LogP contribution < -0.4 is 10.2 Å². The van der Waals surface area contributed by atoms with Crippen LogP contribution in [0.5, 0.6) is 5.75 Å². The maximum absolute atomic E-state index is 13.9. The highest BCUT2D eigenvalue weighted by Gasteiger charge is 2.44. The molecule has 44 heavy (non-hydrogen) atoms. The second kappa shape index (κ2) is 11.7. The maximum Gasteiger partial charge on any atom is 0.436 e. The Kier molecular flexibility index (Phi) is 8.29. The normalized spacial score (nSPS) is 23.0. The number of benzene rings is 2. The van der Waals surface area contributed by atoms with Gasteiger partial charge in [-0.1, -0.05) is 0 Å². The zero-order valence-electron chi connectivity index (χ0n) is 22.0. The third-order valence-electron chi connectivity index (χ3n) is 6.58. The van der Waals surface area contributed by atoms with Crippen LogP contribution in [0.1, 0.15) is 11.3 Å². The van der Waals surface area contributed by atoms with E-state index >= 15 is 0 Å². The van der Waals surface area contributed by atoms with Crippen molar-refractivity contribution < 1.29 is 56.0 Å². The first kappa shape index (κ1) is 31.2. The van der Waals surface area contributed by atoms with Crippen LogP contribution in [0.3, 0.4) is 0 Å². The molecule has 2 aromatic heterocycles. The van der Waals surface area contributed by atoms with Gasteiger partial charge in [-0.3, -0.25) is 9.96 Å². The van der Waals surface area contributed by atoms with Crippen molar-refractivity contribution in [1.29, 1.82) is 5.41 Å². The first-order valence-electron chi connectivity index (χ1n) is 12.5. The second-order valence-corrected chi connectivity index (χ2v) is 10.9. The number of aromatic nitrogens is 4. The molecule has 6 N–H and O–H groups in total. The fourth-order valence-corrected chi connectivity index (χ4v) is 4.79. The van der Waals surface area contributed by atoms with E-state index in [1.165, 1.54) is 30.5 Å². The van der Waals surface area contributed by atoms with E-state index in [-0.39, 0.29) is 17.1 Å². The lowest BCUT2D eigenvalue weighted by molar-refractivity contribution is -0.277. The topological polar surface area (TPSA) is 226 Å². The van der Waals surface area contributed by atoms with E-state index in [4.69, 9.17) is 19.4 Å². The minimum atomic E-state index is -4.99. The van der Waals surface area contributed by atoms with Crippen LogP contribution in [-0.2, 0) is 21.0 Å². The van der Waals surface area contributed by atoms with Crippen molar-refractivity contribution in [2.75, 3.05) is 6.61 Å². The Morgan fingerprint density at radius 2 is 1.70 bits per heavy atom. The molecule has 5 rings (SSSR count). The third kappa shape index (κ3) is 6.06. The van der Waals surface area contributed by atoms with Crippen LogP contribution in [0.15, 0.2) is 64.9 Å². The minimum Gasteiger partial charge on any atom is -0.462 e. The summed E-state index contributed by atoms with van der Waals surface area (Å²) in [6.07, 6.45) is -10.2. The molecular formula is C25H23F3N6O9S. The monoisotopic (exact) mass is 640 g/mol. The van der Waals surface area contributed by atoms with E-state index in [0.29, 0.717) is 5.56 Å². The van der Waals surface area contributed by atoms with Crippen LogP contribution in [0.2, 0.25) is 0 Å². The highest BCUT2D eigenvalue weighted by molar-refractivity contribution is 7.85. The molecule has 0 bridgehead atoms. The molecule has 1 saturated heterocycles. The largest absolute Gasteiger partial charge is 0.462 e. The van der Waals surface area contributed by atoms with Gasteiger partial charge in [0, 0.05) is 0 Å². The summed E-state index contributed by atoms with van der Waals surface area (Å²) < 4.78 is 85.9. The predicted molar refractivity (Wildman–Crippen MR) is 141 cm³/mol. The maximum atomic E-state index is 13.9. The molecule has 4 aromatic rings. The number of rotatable bonds is 7. The van der Waals surface area contributed by atoms with Crippen molar-refractivity contribution >= 4 is 27.4 Å². The average Bonchev–Trinajstić information content (AvgIpc) is 3.39. The molecule has 19 heteroatoms. The molecule has 0 amide bonds. The van der Waals surface area contributed by atoms with Gasteiger partial charge in [0.15, 0.2) is 16.8 Å². The molecule has 5 unspecified atom stereocenters. The molecule has 0 aliphatic carbocycles. The van der Waals surface area contributed by atoms with Crippen molar-refractivity contribution in [3.63, 3.8) is 0 Å². The Labute approximate surface area is 244 Å². The Balaban J connectivity index is 1.41. The minimum absolute atomic E-state index is 0.0166. The Hall–Kier alpha value is -4.24. The van der Waals surface area contributed by atoms with E-state index in [1.54, 1.807) is 0 Å². The fraction of sp³-hybridized carbons (Fsp3) is 0.280. The van der Waals surface area contributed by atoms with Crippen LogP contribution >= 0.6 is 0 Å². The molecule has 0 spiro atoms. The first-order valence-corrected chi connectivity index (χ1v) is 13.9. The second-order valence-electron chi connectivity index (χ2n) is 9.49. The zero-order chi connectivity index (χ0) is 32.0. The number of fused-ring (bicyclic) bond motifs is 1. The first-order chi connectivity index (χ1) is 20.7.